The maximum absolute atomic E-state index is 14.0. The molecule has 33 heavy (non-hydrogen) atoms. The van der Waals surface area contributed by atoms with Crippen molar-refractivity contribution in [2.45, 2.75) is 25.9 Å². The molecular weight excluding hydrogens is 416 g/mol. The number of anilines is 1. The number of rotatable bonds is 5. The lowest BCUT2D eigenvalue weighted by Crippen LogP contribution is -2.49. The fourth-order valence-corrected chi connectivity index (χ4v) is 5.57. The Morgan fingerprint density at radius 3 is 2.58 bits per heavy atom. The first-order chi connectivity index (χ1) is 15.9. The number of carbonyl (C=O) groups is 3. The monoisotopic (exact) mass is 442 g/mol. The second kappa shape index (κ2) is 7.73. The van der Waals surface area contributed by atoms with Gasteiger partial charge in [-0.3, -0.25) is 19.3 Å². The lowest BCUT2D eigenvalue weighted by Gasteiger charge is -2.38. The van der Waals surface area contributed by atoms with Gasteiger partial charge in [-0.25, -0.2) is 0 Å². The molecule has 2 saturated heterocycles. The van der Waals surface area contributed by atoms with Crippen LogP contribution in [0.15, 0.2) is 61.2 Å². The van der Waals surface area contributed by atoms with E-state index in [2.05, 4.69) is 12.6 Å². The maximum atomic E-state index is 14.0. The molecule has 3 heterocycles. The summed E-state index contributed by atoms with van der Waals surface area (Å²) >= 11 is 0. The summed E-state index contributed by atoms with van der Waals surface area (Å²) in [6.45, 7) is 7.88. The van der Waals surface area contributed by atoms with Gasteiger partial charge in [0.2, 0.25) is 11.8 Å². The van der Waals surface area contributed by atoms with Crippen molar-refractivity contribution >= 4 is 28.9 Å². The molecule has 3 aliphatic rings. The molecule has 2 amide bonds. The van der Waals surface area contributed by atoms with Gasteiger partial charge in [0.25, 0.3) is 0 Å². The Balaban J connectivity index is 1.69. The lowest BCUT2D eigenvalue weighted by atomic mass is 9.85. The van der Waals surface area contributed by atoms with Crippen molar-refractivity contribution in [1.82, 2.24) is 4.90 Å². The van der Waals surface area contributed by atoms with E-state index in [4.69, 9.17) is 4.74 Å². The van der Waals surface area contributed by atoms with E-state index in [0.717, 1.165) is 22.4 Å². The van der Waals surface area contributed by atoms with Crippen LogP contribution >= 0.6 is 0 Å². The Labute approximate surface area is 193 Å². The summed E-state index contributed by atoms with van der Waals surface area (Å²) in [5, 5.41) is 0. The van der Waals surface area contributed by atoms with Gasteiger partial charge >= 0.3 is 0 Å². The number of likely N-dealkylation sites (tertiary alicyclic amines) is 1. The highest BCUT2D eigenvalue weighted by molar-refractivity contribution is 6.14. The maximum Gasteiger partial charge on any atom is 0.236 e. The quantitative estimate of drug-likeness (QED) is 0.402. The standard InChI is InChI=1S/C27H26N2O4/c1-5-11-28-26(31)22-21-13-16(3)19-12-15(2)9-10-20(19)29(21)24(23(22)27(28)32)25(30)17-7-6-8-18(14-17)33-4/h5-10,12-14,21-24H,1,11H2,2-4H3/t21-,22+,23+,24-/m1/s1. The molecule has 0 bridgehead atoms. The summed E-state index contributed by atoms with van der Waals surface area (Å²) in [7, 11) is 1.55. The van der Waals surface area contributed by atoms with Gasteiger partial charge in [-0.2, -0.15) is 0 Å². The number of nitrogens with zero attached hydrogens (tertiary/aromatic N) is 2. The van der Waals surface area contributed by atoms with Crippen molar-refractivity contribution in [3.05, 3.63) is 77.9 Å². The van der Waals surface area contributed by atoms with Crippen molar-refractivity contribution in [2.75, 3.05) is 18.6 Å². The van der Waals surface area contributed by atoms with Crippen molar-refractivity contribution in [3.63, 3.8) is 0 Å². The number of imide groups is 1. The van der Waals surface area contributed by atoms with Crippen molar-refractivity contribution in [2.24, 2.45) is 11.8 Å². The SMILES string of the molecule is C=CCN1C(=O)[C@@H]2[C@H](C1=O)[C@H](C(=O)c1cccc(OC)c1)N1c3ccc(C)cc3C(C)=C[C@H]21. The van der Waals surface area contributed by atoms with Crippen LogP contribution in [0.5, 0.6) is 5.75 Å². The Kier molecular flexibility index (Phi) is 4.96. The van der Waals surface area contributed by atoms with Crippen LogP contribution < -0.4 is 9.64 Å². The van der Waals surface area contributed by atoms with Gasteiger partial charge in [0.1, 0.15) is 11.8 Å². The van der Waals surface area contributed by atoms with Crippen LogP contribution in [0.25, 0.3) is 5.57 Å². The Hall–Kier alpha value is -3.67. The van der Waals surface area contributed by atoms with E-state index in [1.807, 2.05) is 37.0 Å². The number of allylic oxidation sites excluding steroid dienone is 1. The molecule has 0 spiro atoms. The minimum atomic E-state index is -0.788. The summed E-state index contributed by atoms with van der Waals surface area (Å²) in [4.78, 5) is 44.1. The number of hydrogen-bond donors (Lipinski definition) is 0. The third kappa shape index (κ3) is 3.04. The molecule has 0 saturated carbocycles. The third-order valence-electron chi connectivity index (χ3n) is 7.03. The molecule has 2 aromatic carbocycles. The number of benzene rings is 2. The van der Waals surface area contributed by atoms with E-state index >= 15 is 0 Å². The first-order valence-corrected chi connectivity index (χ1v) is 11.1. The summed E-state index contributed by atoms with van der Waals surface area (Å²) in [5.41, 5.74) is 4.53. The molecule has 5 rings (SSSR count). The molecule has 6 nitrogen and oxygen atoms in total. The minimum Gasteiger partial charge on any atom is -0.497 e. The van der Waals surface area contributed by atoms with Crippen LogP contribution in [0, 0.1) is 18.8 Å². The lowest BCUT2D eigenvalue weighted by molar-refractivity contribution is -0.139. The van der Waals surface area contributed by atoms with Gasteiger partial charge in [0, 0.05) is 23.4 Å². The average molecular weight is 443 g/mol. The van der Waals surface area contributed by atoms with Gasteiger partial charge in [0.05, 0.1) is 25.0 Å². The molecule has 3 aliphatic heterocycles. The van der Waals surface area contributed by atoms with Crippen LogP contribution in [-0.4, -0.2) is 48.2 Å². The fourth-order valence-electron chi connectivity index (χ4n) is 5.57. The molecule has 0 unspecified atom stereocenters. The predicted molar refractivity (Wildman–Crippen MR) is 126 cm³/mol. The molecule has 0 aliphatic carbocycles. The summed E-state index contributed by atoms with van der Waals surface area (Å²) in [5.74, 6) is -1.52. The van der Waals surface area contributed by atoms with Gasteiger partial charge in [-0.15, -0.1) is 6.58 Å². The first-order valence-electron chi connectivity index (χ1n) is 11.1. The van der Waals surface area contributed by atoms with Crippen LogP contribution in [0.3, 0.4) is 0 Å². The minimum absolute atomic E-state index is 0.149. The molecular formula is C27H26N2O4. The highest BCUT2D eigenvalue weighted by Crippen LogP contribution is 2.50. The van der Waals surface area contributed by atoms with Gasteiger partial charge in [-0.05, 0) is 43.7 Å². The van der Waals surface area contributed by atoms with Crippen molar-refractivity contribution in [1.29, 1.82) is 0 Å². The third-order valence-corrected chi connectivity index (χ3v) is 7.03. The fraction of sp³-hybridized carbons (Fsp3) is 0.296. The highest BCUT2D eigenvalue weighted by atomic mass is 16.5. The van der Waals surface area contributed by atoms with E-state index in [9.17, 15) is 14.4 Å². The number of Topliss-reactive ketones (excluding diaryl/α,β-unsaturated/α-hetero) is 1. The highest BCUT2D eigenvalue weighted by Gasteiger charge is 2.64. The Morgan fingerprint density at radius 1 is 1.09 bits per heavy atom. The smallest absolute Gasteiger partial charge is 0.236 e. The summed E-state index contributed by atoms with van der Waals surface area (Å²) in [6.07, 6.45) is 3.59. The van der Waals surface area contributed by atoms with Gasteiger partial charge in [-0.1, -0.05) is 35.9 Å². The van der Waals surface area contributed by atoms with E-state index in [-0.39, 0.29) is 30.2 Å². The largest absolute Gasteiger partial charge is 0.497 e. The normalized spacial score (nSPS) is 25.4. The zero-order valence-corrected chi connectivity index (χ0v) is 18.9. The molecule has 2 fully saturated rings. The van der Waals surface area contributed by atoms with Crippen LogP contribution in [-0.2, 0) is 9.59 Å². The first kappa shape index (κ1) is 21.2. The molecule has 2 aromatic rings. The molecule has 0 aromatic heterocycles. The zero-order valence-electron chi connectivity index (χ0n) is 18.9. The van der Waals surface area contributed by atoms with Crippen molar-refractivity contribution < 1.29 is 19.1 Å². The summed E-state index contributed by atoms with van der Waals surface area (Å²) < 4.78 is 5.32. The number of methoxy groups -OCH3 is 1. The van der Waals surface area contributed by atoms with E-state index in [1.165, 1.54) is 4.90 Å². The van der Waals surface area contributed by atoms with Gasteiger partial charge in [0.15, 0.2) is 5.78 Å². The predicted octanol–water partition coefficient (Wildman–Crippen LogP) is 3.65. The number of amides is 2. The second-order valence-electron chi connectivity index (χ2n) is 8.94. The zero-order chi connectivity index (χ0) is 23.4. The van der Waals surface area contributed by atoms with Crippen molar-refractivity contribution in [3.8, 4) is 5.75 Å². The Morgan fingerprint density at radius 2 is 1.85 bits per heavy atom. The molecule has 168 valence electrons. The molecule has 6 heteroatoms. The van der Waals surface area contributed by atoms with E-state index in [1.54, 1.807) is 37.5 Å². The van der Waals surface area contributed by atoms with Crippen LogP contribution in [0.2, 0.25) is 0 Å². The van der Waals surface area contributed by atoms with E-state index in [0.29, 0.717) is 11.3 Å². The number of fused-ring (bicyclic) bond motifs is 5. The summed E-state index contributed by atoms with van der Waals surface area (Å²) in [6, 6.07) is 11.9. The Bertz CT molecular complexity index is 1230. The number of ether oxygens (including phenoxy) is 1. The van der Waals surface area contributed by atoms with Crippen LogP contribution in [0.4, 0.5) is 5.69 Å². The van der Waals surface area contributed by atoms with E-state index < -0.39 is 17.9 Å². The topological polar surface area (TPSA) is 66.9 Å². The molecule has 4 atom stereocenters. The average Bonchev–Trinajstić information content (AvgIpc) is 3.27. The number of ketones is 1. The second-order valence-corrected chi connectivity index (χ2v) is 8.94. The number of aryl methyl sites for hydroxylation is 1. The molecule has 0 radical (unpaired) electrons. The van der Waals surface area contributed by atoms with Crippen LogP contribution in [0.1, 0.15) is 28.4 Å². The van der Waals surface area contributed by atoms with Gasteiger partial charge < -0.3 is 9.64 Å². The number of hydrogen-bond acceptors (Lipinski definition) is 5. The molecule has 0 N–H and O–H groups in total. The number of carbonyl (C=O) groups excluding carboxylic acids is 3.